The minimum absolute atomic E-state index is 0.0336. The molecule has 0 atom stereocenters. The van der Waals surface area contributed by atoms with Gasteiger partial charge in [0.1, 0.15) is 0 Å². The molecule has 9 nitrogen and oxygen atoms in total. The minimum atomic E-state index is -0.606. The first kappa shape index (κ1) is 16.4. The van der Waals surface area contributed by atoms with Gasteiger partial charge in [0, 0.05) is 19.3 Å². The number of methoxy groups -OCH3 is 1. The zero-order chi connectivity index (χ0) is 16.8. The van der Waals surface area contributed by atoms with Gasteiger partial charge in [0.25, 0.3) is 0 Å². The summed E-state index contributed by atoms with van der Waals surface area (Å²) in [6.45, 7) is 2.85. The van der Waals surface area contributed by atoms with Crippen molar-refractivity contribution in [2.24, 2.45) is 0 Å². The van der Waals surface area contributed by atoms with Crippen molar-refractivity contribution in [2.45, 2.75) is 6.92 Å². The number of nitrogen functional groups attached to an aromatic ring is 1. The number of nitro groups is 1. The van der Waals surface area contributed by atoms with Gasteiger partial charge in [-0.25, -0.2) is 0 Å². The minimum Gasteiger partial charge on any atom is -0.383 e. The standard InChI is InChI=1S/C14H18N6O3/c1-9-3-5-10(6-4-9)17-13-11(20(21)22)12(15)18-14(19-13)16-7-8-23-2/h3-6H,7-8H2,1-2H3,(H4,15,16,17,18,19). The van der Waals surface area contributed by atoms with E-state index in [9.17, 15) is 10.1 Å². The van der Waals surface area contributed by atoms with Crippen LogP contribution in [0, 0.1) is 17.0 Å². The monoisotopic (exact) mass is 318 g/mol. The number of nitrogens with one attached hydrogen (secondary N) is 2. The van der Waals surface area contributed by atoms with E-state index in [0.717, 1.165) is 5.56 Å². The first-order chi connectivity index (χ1) is 11.0. The molecule has 0 aliphatic carbocycles. The number of nitrogens with zero attached hydrogens (tertiary/aromatic N) is 3. The largest absolute Gasteiger partial charge is 0.383 e. The Balaban J connectivity index is 2.33. The summed E-state index contributed by atoms with van der Waals surface area (Å²) >= 11 is 0. The highest BCUT2D eigenvalue weighted by Gasteiger charge is 2.23. The highest BCUT2D eigenvalue weighted by atomic mass is 16.6. The number of benzene rings is 1. The third kappa shape index (κ3) is 4.27. The fraction of sp³-hybridized carbons (Fsp3) is 0.286. The lowest BCUT2D eigenvalue weighted by atomic mass is 10.2. The average molecular weight is 318 g/mol. The van der Waals surface area contributed by atoms with Gasteiger partial charge in [-0.1, -0.05) is 17.7 Å². The van der Waals surface area contributed by atoms with E-state index in [1.165, 1.54) is 0 Å². The van der Waals surface area contributed by atoms with E-state index in [1.807, 2.05) is 19.1 Å². The maximum absolute atomic E-state index is 11.2. The van der Waals surface area contributed by atoms with E-state index in [2.05, 4.69) is 20.6 Å². The Kier molecular flexibility index (Phi) is 5.26. The van der Waals surface area contributed by atoms with Crippen LogP contribution in [0.1, 0.15) is 5.56 Å². The van der Waals surface area contributed by atoms with Crippen LogP contribution in [0.3, 0.4) is 0 Å². The van der Waals surface area contributed by atoms with Crippen molar-refractivity contribution >= 4 is 29.0 Å². The predicted octanol–water partition coefficient (Wildman–Crippen LogP) is 2.08. The van der Waals surface area contributed by atoms with Crippen molar-refractivity contribution < 1.29 is 9.66 Å². The van der Waals surface area contributed by atoms with E-state index >= 15 is 0 Å². The van der Waals surface area contributed by atoms with Crippen molar-refractivity contribution in [3.05, 3.63) is 39.9 Å². The van der Waals surface area contributed by atoms with Crippen LogP contribution in [0.15, 0.2) is 24.3 Å². The fourth-order valence-corrected chi connectivity index (χ4v) is 1.86. The van der Waals surface area contributed by atoms with E-state index in [-0.39, 0.29) is 23.3 Å². The molecule has 0 aliphatic rings. The van der Waals surface area contributed by atoms with E-state index in [4.69, 9.17) is 10.5 Å². The van der Waals surface area contributed by atoms with Crippen molar-refractivity contribution in [1.82, 2.24) is 9.97 Å². The third-order valence-corrected chi connectivity index (χ3v) is 3.00. The number of aromatic nitrogens is 2. The van der Waals surface area contributed by atoms with Gasteiger partial charge in [-0.05, 0) is 19.1 Å². The smallest absolute Gasteiger partial charge is 0.353 e. The number of rotatable bonds is 7. The van der Waals surface area contributed by atoms with Crippen LogP contribution < -0.4 is 16.4 Å². The molecule has 0 saturated carbocycles. The van der Waals surface area contributed by atoms with E-state index in [0.29, 0.717) is 18.8 Å². The Morgan fingerprint density at radius 2 is 2.00 bits per heavy atom. The number of aryl methyl sites for hydroxylation is 1. The molecule has 0 amide bonds. The third-order valence-electron chi connectivity index (χ3n) is 3.00. The Labute approximate surface area is 133 Å². The number of ether oxygens (including phenoxy) is 1. The van der Waals surface area contributed by atoms with E-state index < -0.39 is 4.92 Å². The molecule has 4 N–H and O–H groups in total. The lowest BCUT2D eigenvalue weighted by Crippen LogP contribution is -2.13. The molecule has 23 heavy (non-hydrogen) atoms. The maximum Gasteiger partial charge on any atom is 0.353 e. The van der Waals surface area contributed by atoms with E-state index in [1.54, 1.807) is 19.2 Å². The molecule has 0 spiro atoms. The van der Waals surface area contributed by atoms with Crippen molar-refractivity contribution in [3.63, 3.8) is 0 Å². The van der Waals surface area contributed by atoms with Crippen molar-refractivity contribution in [2.75, 3.05) is 36.6 Å². The molecule has 1 aromatic carbocycles. The molecular formula is C14H18N6O3. The highest BCUT2D eigenvalue weighted by molar-refractivity contribution is 5.74. The molecule has 0 fully saturated rings. The average Bonchev–Trinajstić information content (AvgIpc) is 2.49. The molecule has 1 heterocycles. The molecule has 0 radical (unpaired) electrons. The summed E-state index contributed by atoms with van der Waals surface area (Å²) < 4.78 is 4.92. The number of hydrogen-bond acceptors (Lipinski definition) is 8. The molecular weight excluding hydrogens is 300 g/mol. The number of anilines is 4. The highest BCUT2D eigenvalue weighted by Crippen LogP contribution is 2.31. The summed E-state index contributed by atoms with van der Waals surface area (Å²) in [7, 11) is 1.57. The summed E-state index contributed by atoms with van der Waals surface area (Å²) in [5.74, 6) is 0.0190. The van der Waals surface area contributed by atoms with Gasteiger partial charge in [-0.3, -0.25) is 10.1 Å². The second-order valence-corrected chi connectivity index (χ2v) is 4.80. The van der Waals surface area contributed by atoms with Gasteiger partial charge in [0.15, 0.2) is 0 Å². The molecule has 122 valence electrons. The fourth-order valence-electron chi connectivity index (χ4n) is 1.86. The van der Waals surface area contributed by atoms with Gasteiger partial charge in [-0.2, -0.15) is 9.97 Å². The topological polar surface area (TPSA) is 128 Å². The zero-order valence-corrected chi connectivity index (χ0v) is 12.9. The maximum atomic E-state index is 11.2. The van der Waals surface area contributed by atoms with Gasteiger partial charge in [0.2, 0.25) is 17.6 Å². The summed E-state index contributed by atoms with van der Waals surface area (Å²) in [6, 6.07) is 7.37. The molecule has 1 aromatic heterocycles. The second kappa shape index (κ2) is 7.36. The lowest BCUT2D eigenvalue weighted by molar-refractivity contribution is -0.383. The SMILES string of the molecule is COCCNc1nc(N)c([N+](=O)[O-])c(Nc2ccc(C)cc2)n1. The molecule has 0 aliphatic heterocycles. The Morgan fingerprint density at radius 1 is 1.30 bits per heavy atom. The Morgan fingerprint density at radius 3 is 2.61 bits per heavy atom. The van der Waals surface area contributed by atoms with Crippen LogP contribution in [0.2, 0.25) is 0 Å². The van der Waals surface area contributed by atoms with Crippen LogP contribution in [0.25, 0.3) is 0 Å². The molecule has 2 aromatic rings. The predicted molar refractivity (Wildman–Crippen MR) is 87.9 cm³/mol. The molecule has 0 saturated heterocycles. The molecule has 9 heteroatoms. The molecule has 2 rings (SSSR count). The molecule has 0 unspecified atom stereocenters. The van der Waals surface area contributed by atoms with Crippen LogP contribution in [-0.2, 0) is 4.74 Å². The lowest BCUT2D eigenvalue weighted by Gasteiger charge is -2.10. The van der Waals surface area contributed by atoms with Crippen LogP contribution in [0.4, 0.5) is 29.0 Å². The van der Waals surface area contributed by atoms with Gasteiger partial charge < -0.3 is 21.1 Å². The normalized spacial score (nSPS) is 10.3. The number of nitrogens with two attached hydrogens (primary N) is 1. The van der Waals surface area contributed by atoms with Crippen LogP contribution >= 0.6 is 0 Å². The van der Waals surface area contributed by atoms with Crippen LogP contribution in [0.5, 0.6) is 0 Å². The van der Waals surface area contributed by atoms with Crippen LogP contribution in [-0.4, -0.2) is 35.2 Å². The summed E-state index contributed by atoms with van der Waals surface area (Å²) in [5.41, 5.74) is 7.09. The van der Waals surface area contributed by atoms with Gasteiger partial charge in [0.05, 0.1) is 11.5 Å². The van der Waals surface area contributed by atoms with Gasteiger partial charge in [-0.15, -0.1) is 0 Å². The summed E-state index contributed by atoms with van der Waals surface area (Å²) in [5, 5.41) is 17.0. The second-order valence-electron chi connectivity index (χ2n) is 4.80. The quantitative estimate of drug-likeness (QED) is 0.402. The van der Waals surface area contributed by atoms with Crippen molar-refractivity contribution in [1.29, 1.82) is 0 Å². The summed E-state index contributed by atoms with van der Waals surface area (Å²) in [4.78, 5) is 18.7. The number of hydrogen-bond donors (Lipinski definition) is 3. The summed E-state index contributed by atoms with van der Waals surface area (Å²) in [6.07, 6.45) is 0. The van der Waals surface area contributed by atoms with Crippen molar-refractivity contribution in [3.8, 4) is 0 Å². The zero-order valence-electron chi connectivity index (χ0n) is 12.9. The first-order valence-electron chi connectivity index (χ1n) is 6.89. The Hall–Kier alpha value is -2.94. The molecule has 0 bridgehead atoms. The first-order valence-corrected chi connectivity index (χ1v) is 6.89. The Bertz CT molecular complexity index is 690. The van der Waals surface area contributed by atoms with Gasteiger partial charge >= 0.3 is 5.69 Å².